The average Bonchev–Trinajstić information content (AvgIpc) is 2.42. The van der Waals surface area contributed by atoms with Crippen molar-refractivity contribution in [3.05, 3.63) is 58.1 Å². The van der Waals surface area contributed by atoms with Crippen LogP contribution in [0.3, 0.4) is 0 Å². The molecule has 1 amide bonds. The lowest BCUT2D eigenvalue weighted by Gasteiger charge is -2.13. The van der Waals surface area contributed by atoms with Gasteiger partial charge in [-0.2, -0.15) is 0 Å². The van der Waals surface area contributed by atoms with Crippen molar-refractivity contribution in [2.45, 2.75) is 13.8 Å². The van der Waals surface area contributed by atoms with E-state index in [4.69, 9.17) is 11.6 Å². The van der Waals surface area contributed by atoms with E-state index in [0.717, 1.165) is 23.3 Å². The second-order valence-electron chi connectivity index (χ2n) is 4.94. The normalized spacial score (nSPS) is 10.4. The van der Waals surface area contributed by atoms with Gasteiger partial charge in [-0.25, -0.2) is 8.78 Å². The molecule has 2 rings (SSSR count). The lowest BCUT2D eigenvalue weighted by molar-refractivity contribution is -0.114. The van der Waals surface area contributed by atoms with Crippen molar-refractivity contribution < 1.29 is 13.6 Å². The highest BCUT2D eigenvalue weighted by molar-refractivity contribution is 6.33. The molecule has 2 aromatic carbocycles. The molecule has 0 aliphatic heterocycles. The van der Waals surface area contributed by atoms with Gasteiger partial charge in [-0.1, -0.05) is 23.7 Å². The zero-order chi connectivity index (χ0) is 16.3. The topological polar surface area (TPSA) is 41.1 Å². The van der Waals surface area contributed by atoms with Gasteiger partial charge in [-0.05, 0) is 43.2 Å². The predicted molar refractivity (Wildman–Crippen MR) is 84.4 cm³/mol. The summed E-state index contributed by atoms with van der Waals surface area (Å²) in [5.74, 6) is -2.21. The van der Waals surface area contributed by atoms with E-state index in [-0.39, 0.29) is 6.54 Å². The number of nitrogens with one attached hydrogen (secondary N) is 2. The second-order valence-corrected chi connectivity index (χ2v) is 5.34. The molecule has 2 N–H and O–H groups in total. The standard InChI is InChI=1S/C16H15ClF2N2O/c1-9-6-10(2)15(11(17)7-9)20-8-14(22)21-16-12(18)4-3-5-13(16)19/h3-7,20H,8H2,1-2H3,(H,21,22). The van der Waals surface area contributed by atoms with Crippen molar-refractivity contribution in [1.82, 2.24) is 0 Å². The number of rotatable bonds is 4. The molecule has 0 heterocycles. The summed E-state index contributed by atoms with van der Waals surface area (Å²) in [7, 11) is 0. The van der Waals surface area contributed by atoms with Crippen LogP contribution in [0.2, 0.25) is 5.02 Å². The number of aryl methyl sites for hydroxylation is 2. The summed E-state index contributed by atoms with van der Waals surface area (Å²) in [5, 5.41) is 5.57. The minimum Gasteiger partial charge on any atom is -0.375 e. The number of halogens is 3. The number of hydrogen-bond acceptors (Lipinski definition) is 2. The Balaban J connectivity index is 2.05. The van der Waals surface area contributed by atoms with E-state index in [1.807, 2.05) is 19.9 Å². The van der Waals surface area contributed by atoms with Crippen LogP contribution in [0.1, 0.15) is 11.1 Å². The molecule has 6 heteroatoms. The Labute approximate surface area is 132 Å². The summed E-state index contributed by atoms with van der Waals surface area (Å²) in [6.45, 7) is 3.61. The van der Waals surface area contributed by atoms with Crippen LogP contribution in [0.25, 0.3) is 0 Å². The highest BCUT2D eigenvalue weighted by Crippen LogP contribution is 2.27. The average molecular weight is 325 g/mol. The first kappa shape index (κ1) is 16.2. The highest BCUT2D eigenvalue weighted by atomic mass is 35.5. The van der Waals surface area contributed by atoms with Crippen LogP contribution in [0.4, 0.5) is 20.2 Å². The zero-order valence-corrected chi connectivity index (χ0v) is 12.9. The van der Waals surface area contributed by atoms with Crippen molar-refractivity contribution >= 4 is 28.9 Å². The first-order chi connectivity index (χ1) is 10.4. The SMILES string of the molecule is Cc1cc(C)c(NCC(=O)Nc2c(F)cccc2F)c(Cl)c1. The number of benzene rings is 2. The number of hydrogen-bond donors (Lipinski definition) is 2. The van der Waals surface area contributed by atoms with Gasteiger partial charge in [0, 0.05) is 0 Å². The van der Waals surface area contributed by atoms with E-state index < -0.39 is 23.2 Å². The molecule has 3 nitrogen and oxygen atoms in total. The van der Waals surface area contributed by atoms with Gasteiger partial charge in [0.15, 0.2) is 0 Å². The third-order valence-corrected chi connectivity index (χ3v) is 3.38. The summed E-state index contributed by atoms with van der Waals surface area (Å²) in [6.07, 6.45) is 0. The molecule has 0 aromatic heterocycles. The van der Waals surface area contributed by atoms with Gasteiger partial charge >= 0.3 is 0 Å². The number of carbonyl (C=O) groups excluding carboxylic acids is 1. The maximum Gasteiger partial charge on any atom is 0.243 e. The lowest BCUT2D eigenvalue weighted by Crippen LogP contribution is -2.23. The van der Waals surface area contributed by atoms with Crippen LogP contribution < -0.4 is 10.6 Å². The minimum atomic E-state index is -0.821. The van der Waals surface area contributed by atoms with Crippen LogP contribution >= 0.6 is 11.6 Å². The van der Waals surface area contributed by atoms with Crippen molar-refractivity contribution in [1.29, 1.82) is 0 Å². The summed E-state index contributed by atoms with van der Waals surface area (Å²) < 4.78 is 26.9. The molecule has 2 aromatic rings. The molecule has 0 saturated heterocycles. The molecular formula is C16H15ClF2N2O. The molecule has 0 saturated carbocycles. The molecule has 0 radical (unpaired) electrons. The third-order valence-electron chi connectivity index (χ3n) is 3.08. The Morgan fingerprint density at radius 3 is 2.36 bits per heavy atom. The number of carbonyl (C=O) groups is 1. The molecule has 0 atom stereocenters. The third kappa shape index (κ3) is 3.74. The van der Waals surface area contributed by atoms with Crippen LogP contribution in [-0.4, -0.2) is 12.5 Å². The van der Waals surface area contributed by atoms with E-state index in [1.165, 1.54) is 6.07 Å². The van der Waals surface area contributed by atoms with Crippen LogP contribution in [-0.2, 0) is 4.79 Å². The van der Waals surface area contributed by atoms with E-state index >= 15 is 0 Å². The molecular weight excluding hydrogens is 310 g/mol. The van der Waals surface area contributed by atoms with Crippen LogP contribution in [0.5, 0.6) is 0 Å². The Bertz CT molecular complexity index is 676. The number of amides is 1. The second kappa shape index (κ2) is 6.75. The monoisotopic (exact) mass is 324 g/mol. The fourth-order valence-electron chi connectivity index (χ4n) is 2.11. The molecule has 0 aliphatic rings. The van der Waals surface area contributed by atoms with Crippen LogP contribution in [0.15, 0.2) is 30.3 Å². The first-order valence-electron chi connectivity index (χ1n) is 6.63. The maximum absolute atomic E-state index is 13.5. The summed E-state index contributed by atoms with van der Waals surface area (Å²) in [6, 6.07) is 7.07. The van der Waals surface area contributed by atoms with E-state index in [9.17, 15) is 13.6 Å². The molecule has 0 unspecified atom stereocenters. The fraction of sp³-hybridized carbons (Fsp3) is 0.188. The van der Waals surface area contributed by atoms with Gasteiger partial charge in [-0.3, -0.25) is 4.79 Å². The van der Waals surface area contributed by atoms with Gasteiger partial charge in [0.05, 0.1) is 17.3 Å². The Kier molecular flexibility index (Phi) is 4.98. The van der Waals surface area contributed by atoms with E-state index in [1.54, 1.807) is 6.07 Å². The van der Waals surface area contributed by atoms with Gasteiger partial charge in [0.25, 0.3) is 0 Å². The van der Waals surface area contributed by atoms with Gasteiger partial charge in [0.1, 0.15) is 17.3 Å². The maximum atomic E-state index is 13.5. The minimum absolute atomic E-state index is 0.155. The lowest BCUT2D eigenvalue weighted by atomic mass is 10.1. The molecule has 0 bridgehead atoms. The van der Waals surface area contributed by atoms with Gasteiger partial charge < -0.3 is 10.6 Å². The van der Waals surface area contributed by atoms with Gasteiger partial charge in [0.2, 0.25) is 5.91 Å². The smallest absolute Gasteiger partial charge is 0.243 e. The Morgan fingerprint density at radius 2 is 1.77 bits per heavy atom. The van der Waals surface area contributed by atoms with Gasteiger partial charge in [-0.15, -0.1) is 0 Å². The number of anilines is 2. The predicted octanol–water partition coefficient (Wildman–Crippen LogP) is 4.29. The first-order valence-corrected chi connectivity index (χ1v) is 7.00. The highest BCUT2D eigenvalue weighted by Gasteiger charge is 2.12. The summed E-state index contributed by atoms with van der Waals surface area (Å²) in [4.78, 5) is 11.8. The molecule has 0 spiro atoms. The largest absolute Gasteiger partial charge is 0.375 e. The van der Waals surface area contributed by atoms with E-state index in [2.05, 4.69) is 10.6 Å². The molecule has 0 fully saturated rings. The Morgan fingerprint density at radius 1 is 1.14 bits per heavy atom. The van der Waals surface area contributed by atoms with Crippen molar-refractivity contribution in [3.63, 3.8) is 0 Å². The molecule has 116 valence electrons. The number of para-hydroxylation sites is 1. The van der Waals surface area contributed by atoms with Crippen molar-refractivity contribution in [2.75, 3.05) is 17.2 Å². The summed E-state index contributed by atoms with van der Waals surface area (Å²) in [5.41, 5.74) is 2.05. The fourth-order valence-corrected chi connectivity index (χ4v) is 2.50. The summed E-state index contributed by atoms with van der Waals surface area (Å²) >= 11 is 6.11. The van der Waals surface area contributed by atoms with Crippen molar-refractivity contribution in [3.8, 4) is 0 Å². The van der Waals surface area contributed by atoms with E-state index in [0.29, 0.717) is 10.7 Å². The van der Waals surface area contributed by atoms with Crippen LogP contribution in [0, 0.1) is 25.5 Å². The quantitative estimate of drug-likeness (QED) is 0.881. The molecule has 0 aliphatic carbocycles. The van der Waals surface area contributed by atoms with Crippen molar-refractivity contribution in [2.24, 2.45) is 0 Å². The Hall–Kier alpha value is -2.14. The zero-order valence-electron chi connectivity index (χ0n) is 12.1. The molecule has 22 heavy (non-hydrogen) atoms.